The van der Waals surface area contributed by atoms with Gasteiger partial charge in [-0.2, -0.15) is 0 Å². The first-order valence-corrected chi connectivity index (χ1v) is 9.61. The second-order valence-electron chi connectivity index (χ2n) is 6.26. The standard InChI is InChI=1S/C21H18N2O5S/c1-26-14-5-4-6-16-19(14)23-21(29-16)22-10-11-9-15(27-2)17-12(24)7-8-13(25)18(17)20(11)28-3/h4-9H,10H2,1-3H3,(H,22,23). The first kappa shape index (κ1) is 18.9. The molecule has 3 aromatic rings. The summed E-state index contributed by atoms with van der Waals surface area (Å²) in [6.45, 7) is 0.333. The van der Waals surface area contributed by atoms with E-state index in [1.807, 2.05) is 18.2 Å². The van der Waals surface area contributed by atoms with Crippen molar-refractivity contribution >= 4 is 38.3 Å². The molecule has 1 aliphatic carbocycles. The Bertz CT molecular complexity index is 1170. The molecule has 1 heterocycles. The summed E-state index contributed by atoms with van der Waals surface area (Å²) >= 11 is 1.49. The predicted molar refractivity (Wildman–Crippen MR) is 111 cm³/mol. The fourth-order valence-corrected chi connectivity index (χ4v) is 4.23. The second-order valence-corrected chi connectivity index (χ2v) is 7.29. The molecule has 0 bridgehead atoms. The van der Waals surface area contributed by atoms with Crippen molar-refractivity contribution in [3.8, 4) is 17.2 Å². The number of carbonyl (C=O) groups is 2. The van der Waals surface area contributed by atoms with Gasteiger partial charge in [0.15, 0.2) is 16.7 Å². The van der Waals surface area contributed by atoms with E-state index < -0.39 is 0 Å². The largest absolute Gasteiger partial charge is 0.496 e. The lowest BCUT2D eigenvalue weighted by molar-refractivity contribution is 0.0988. The van der Waals surface area contributed by atoms with Crippen molar-refractivity contribution in [1.29, 1.82) is 0 Å². The zero-order valence-electron chi connectivity index (χ0n) is 16.1. The van der Waals surface area contributed by atoms with E-state index in [9.17, 15) is 9.59 Å². The number of nitrogens with zero attached hydrogens (tertiary/aromatic N) is 1. The van der Waals surface area contributed by atoms with Gasteiger partial charge in [0, 0.05) is 12.1 Å². The van der Waals surface area contributed by atoms with Gasteiger partial charge in [0.1, 0.15) is 22.8 Å². The van der Waals surface area contributed by atoms with Gasteiger partial charge in [0.25, 0.3) is 0 Å². The summed E-state index contributed by atoms with van der Waals surface area (Å²) in [6, 6.07) is 7.46. The van der Waals surface area contributed by atoms with Gasteiger partial charge in [0.2, 0.25) is 0 Å². The van der Waals surface area contributed by atoms with Crippen molar-refractivity contribution in [2.45, 2.75) is 6.54 Å². The Balaban J connectivity index is 1.72. The minimum atomic E-state index is -0.290. The molecule has 0 unspecified atom stereocenters. The summed E-state index contributed by atoms with van der Waals surface area (Å²) in [7, 11) is 4.55. The third-order valence-electron chi connectivity index (χ3n) is 4.66. The molecule has 1 aromatic heterocycles. The second kappa shape index (κ2) is 7.56. The summed E-state index contributed by atoms with van der Waals surface area (Å²) < 4.78 is 17.2. The highest BCUT2D eigenvalue weighted by Gasteiger charge is 2.29. The van der Waals surface area contributed by atoms with Crippen LogP contribution in [0.1, 0.15) is 26.3 Å². The summed E-state index contributed by atoms with van der Waals surface area (Å²) in [5.74, 6) is 0.825. The molecule has 4 rings (SSSR count). The van der Waals surface area contributed by atoms with E-state index in [4.69, 9.17) is 14.2 Å². The van der Waals surface area contributed by atoms with Gasteiger partial charge < -0.3 is 19.5 Å². The number of thiazole rings is 1. The van der Waals surface area contributed by atoms with E-state index in [-0.39, 0.29) is 22.7 Å². The SMILES string of the molecule is COc1cc(CNc2nc3c(OC)cccc3s2)c(OC)c2c1C(=O)C=CC2=O. The van der Waals surface area contributed by atoms with Crippen LogP contribution in [0.5, 0.6) is 17.2 Å². The average molecular weight is 410 g/mol. The highest BCUT2D eigenvalue weighted by molar-refractivity contribution is 7.22. The van der Waals surface area contributed by atoms with Gasteiger partial charge in [-0.25, -0.2) is 4.98 Å². The Morgan fingerprint density at radius 1 is 0.966 bits per heavy atom. The van der Waals surface area contributed by atoms with Crippen LogP contribution in [0.2, 0.25) is 0 Å². The lowest BCUT2D eigenvalue weighted by Gasteiger charge is -2.20. The number of fused-ring (bicyclic) bond motifs is 2. The topological polar surface area (TPSA) is 86.8 Å². The number of ether oxygens (including phenoxy) is 3. The fraction of sp³-hybridized carbons (Fsp3) is 0.190. The van der Waals surface area contributed by atoms with Gasteiger partial charge in [-0.05, 0) is 30.4 Å². The number of hydrogen-bond acceptors (Lipinski definition) is 8. The fourth-order valence-electron chi connectivity index (χ4n) is 3.35. The minimum absolute atomic E-state index is 0.224. The molecule has 0 amide bonds. The van der Waals surface area contributed by atoms with Crippen LogP contribution in [-0.4, -0.2) is 37.9 Å². The molecule has 0 aliphatic heterocycles. The first-order chi connectivity index (χ1) is 14.1. The quantitative estimate of drug-likeness (QED) is 0.660. The molecule has 2 aromatic carbocycles. The van der Waals surface area contributed by atoms with Gasteiger partial charge in [0.05, 0.1) is 37.2 Å². The first-order valence-electron chi connectivity index (χ1n) is 8.79. The van der Waals surface area contributed by atoms with Crippen LogP contribution in [0, 0.1) is 0 Å². The number of allylic oxidation sites excluding steroid dienone is 2. The van der Waals surface area contributed by atoms with Gasteiger partial charge >= 0.3 is 0 Å². The molecule has 8 heteroatoms. The highest BCUT2D eigenvalue weighted by Crippen LogP contribution is 2.38. The van der Waals surface area contributed by atoms with E-state index in [1.54, 1.807) is 13.2 Å². The van der Waals surface area contributed by atoms with Crippen molar-refractivity contribution in [2.24, 2.45) is 0 Å². The van der Waals surface area contributed by atoms with E-state index in [1.165, 1.54) is 37.7 Å². The normalized spacial score (nSPS) is 12.8. The molecule has 1 aliphatic rings. The van der Waals surface area contributed by atoms with Crippen LogP contribution in [0.3, 0.4) is 0 Å². The maximum absolute atomic E-state index is 12.5. The number of methoxy groups -OCH3 is 3. The molecule has 29 heavy (non-hydrogen) atoms. The number of ketones is 2. The number of anilines is 1. The van der Waals surface area contributed by atoms with Crippen LogP contribution < -0.4 is 19.5 Å². The third kappa shape index (κ3) is 3.21. The van der Waals surface area contributed by atoms with Crippen LogP contribution in [-0.2, 0) is 6.54 Å². The molecule has 0 atom stereocenters. The zero-order chi connectivity index (χ0) is 20.5. The van der Waals surface area contributed by atoms with E-state index in [0.29, 0.717) is 34.5 Å². The predicted octanol–water partition coefficient (Wildman–Crippen LogP) is 3.87. The number of hydrogen-bond donors (Lipinski definition) is 1. The number of aromatic nitrogens is 1. The molecule has 0 spiro atoms. The molecular weight excluding hydrogens is 392 g/mol. The molecular formula is C21H18N2O5S. The third-order valence-corrected chi connectivity index (χ3v) is 5.63. The Morgan fingerprint density at radius 3 is 2.38 bits per heavy atom. The van der Waals surface area contributed by atoms with Crippen molar-refractivity contribution < 1.29 is 23.8 Å². The van der Waals surface area contributed by atoms with Crippen molar-refractivity contribution in [3.63, 3.8) is 0 Å². The number of nitrogens with one attached hydrogen (secondary N) is 1. The van der Waals surface area contributed by atoms with Crippen LogP contribution in [0.15, 0.2) is 36.4 Å². The lowest BCUT2D eigenvalue weighted by atomic mass is 9.90. The molecule has 0 saturated heterocycles. The highest BCUT2D eigenvalue weighted by atomic mass is 32.1. The van der Waals surface area contributed by atoms with E-state index in [0.717, 1.165) is 10.2 Å². The molecule has 1 N–H and O–H groups in total. The minimum Gasteiger partial charge on any atom is -0.496 e. The Hall–Kier alpha value is -3.39. The lowest BCUT2D eigenvalue weighted by Crippen LogP contribution is -2.17. The summed E-state index contributed by atoms with van der Waals surface area (Å²) in [5.41, 5.74) is 1.92. The van der Waals surface area contributed by atoms with Gasteiger partial charge in [-0.1, -0.05) is 17.4 Å². The molecule has 7 nitrogen and oxygen atoms in total. The Kier molecular flexibility index (Phi) is 4.94. The van der Waals surface area contributed by atoms with Crippen LogP contribution >= 0.6 is 11.3 Å². The van der Waals surface area contributed by atoms with Gasteiger partial charge in [-0.15, -0.1) is 0 Å². The smallest absolute Gasteiger partial charge is 0.190 e. The number of carbonyl (C=O) groups excluding carboxylic acids is 2. The molecule has 0 saturated carbocycles. The summed E-state index contributed by atoms with van der Waals surface area (Å²) in [4.78, 5) is 29.4. The van der Waals surface area contributed by atoms with Crippen molar-refractivity contribution in [2.75, 3.05) is 26.6 Å². The summed E-state index contributed by atoms with van der Waals surface area (Å²) in [6.07, 6.45) is 2.50. The Labute approximate surface area is 170 Å². The molecule has 0 fully saturated rings. The maximum atomic E-state index is 12.5. The van der Waals surface area contributed by atoms with Crippen LogP contribution in [0.25, 0.3) is 10.2 Å². The van der Waals surface area contributed by atoms with Gasteiger partial charge in [-0.3, -0.25) is 9.59 Å². The molecule has 0 radical (unpaired) electrons. The Morgan fingerprint density at radius 2 is 1.69 bits per heavy atom. The van der Waals surface area contributed by atoms with E-state index in [2.05, 4.69) is 10.3 Å². The molecule has 148 valence electrons. The zero-order valence-corrected chi connectivity index (χ0v) is 16.9. The van der Waals surface area contributed by atoms with Crippen molar-refractivity contribution in [3.05, 3.63) is 53.1 Å². The monoisotopic (exact) mass is 410 g/mol. The number of para-hydroxylation sites is 1. The van der Waals surface area contributed by atoms with Crippen molar-refractivity contribution in [1.82, 2.24) is 4.98 Å². The average Bonchev–Trinajstić information content (AvgIpc) is 3.17. The summed E-state index contributed by atoms with van der Waals surface area (Å²) in [5, 5.41) is 3.96. The number of benzene rings is 2. The van der Waals surface area contributed by atoms with Crippen LogP contribution in [0.4, 0.5) is 5.13 Å². The maximum Gasteiger partial charge on any atom is 0.190 e. The van der Waals surface area contributed by atoms with E-state index >= 15 is 0 Å². The number of rotatable bonds is 6.